The fraction of sp³-hybridized carbons (Fsp3) is 0.667. The first-order chi connectivity index (χ1) is 8.86. The molecule has 2 aliphatic heterocycles. The van der Waals surface area contributed by atoms with Crippen molar-refractivity contribution >= 4 is 0 Å². The third kappa shape index (κ3) is 2.29. The lowest BCUT2D eigenvalue weighted by atomic mass is 9.84. The molecular formula is C15H23N3. The summed E-state index contributed by atoms with van der Waals surface area (Å²) in [6.07, 6.45) is 11.8. The minimum absolute atomic E-state index is 0.125. The van der Waals surface area contributed by atoms with Crippen LogP contribution in [0.5, 0.6) is 0 Å². The zero-order valence-corrected chi connectivity index (χ0v) is 11.0. The Labute approximate surface area is 109 Å². The van der Waals surface area contributed by atoms with Crippen LogP contribution < -0.4 is 5.73 Å². The lowest BCUT2D eigenvalue weighted by Gasteiger charge is -2.47. The Hall–Kier alpha value is -0.930. The molecule has 1 aromatic heterocycles. The van der Waals surface area contributed by atoms with Crippen molar-refractivity contribution in [2.24, 2.45) is 5.73 Å². The van der Waals surface area contributed by atoms with Gasteiger partial charge in [-0.15, -0.1) is 0 Å². The maximum atomic E-state index is 6.50. The summed E-state index contributed by atoms with van der Waals surface area (Å²) in [4.78, 5) is 6.89. The number of nitrogens with zero attached hydrogens (tertiary/aromatic N) is 2. The lowest BCUT2D eigenvalue weighted by molar-refractivity contribution is 0.0391. The zero-order chi connectivity index (χ0) is 12.4. The molecule has 3 unspecified atom stereocenters. The molecule has 2 N–H and O–H groups in total. The summed E-state index contributed by atoms with van der Waals surface area (Å²) in [6.45, 7) is 1.24. The van der Waals surface area contributed by atoms with Gasteiger partial charge in [-0.05, 0) is 43.9 Å². The summed E-state index contributed by atoms with van der Waals surface area (Å²) in [5, 5.41) is 0. The van der Waals surface area contributed by atoms with Crippen molar-refractivity contribution in [2.45, 2.75) is 56.7 Å². The summed E-state index contributed by atoms with van der Waals surface area (Å²) in [5.74, 6) is 0. The fourth-order valence-electron chi connectivity index (χ4n) is 3.68. The van der Waals surface area contributed by atoms with Gasteiger partial charge >= 0.3 is 0 Å². The Kier molecular flexibility index (Phi) is 3.62. The van der Waals surface area contributed by atoms with Crippen LogP contribution in [-0.2, 0) is 0 Å². The molecule has 98 valence electrons. The van der Waals surface area contributed by atoms with Gasteiger partial charge in [0.05, 0.1) is 0 Å². The molecule has 3 atom stereocenters. The molecule has 3 heteroatoms. The van der Waals surface area contributed by atoms with E-state index in [1.54, 1.807) is 0 Å². The second-order valence-corrected chi connectivity index (χ2v) is 5.70. The largest absolute Gasteiger partial charge is 0.323 e. The van der Waals surface area contributed by atoms with Gasteiger partial charge in [0, 0.05) is 30.5 Å². The smallest absolute Gasteiger partial charge is 0.0468 e. The number of aromatic nitrogens is 1. The molecule has 0 spiro atoms. The van der Waals surface area contributed by atoms with E-state index in [4.69, 9.17) is 5.73 Å². The van der Waals surface area contributed by atoms with Crippen LogP contribution in [0.15, 0.2) is 24.5 Å². The summed E-state index contributed by atoms with van der Waals surface area (Å²) >= 11 is 0. The van der Waals surface area contributed by atoms with Crippen LogP contribution in [0, 0.1) is 0 Å². The van der Waals surface area contributed by atoms with Gasteiger partial charge in [0.25, 0.3) is 0 Å². The van der Waals surface area contributed by atoms with E-state index in [1.165, 1.54) is 50.6 Å². The molecule has 2 aliphatic rings. The Morgan fingerprint density at radius 1 is 1.22 bits per heavy atom. The maximum Gasteiger partial charge on any atom is 0.0468 e. The van der Waals surface area contributed by atoms with Crippen molar-refractivity contribution in [1.29, 1.82) is 0 Å². The van der Waals surface area contributed by atoms with Crippen LogP contribution >= 0.6 is 0 Å². The number of piperidine rings is 2. The topological polar surface area (TPSA) is 42.1 Å². The Balaban J connectivity index is 1.77. The lowest BCUT2D eigenvalue weighted by Crippen LogP contribution is -2.53. The molecule has 2 fully saturated rings. The molecule has 1 aromatic rings. The summed E-state index contributed by atoms with van der Waals surface area (Å²) in [5.41, 5.74) is 7.68. The van der Waals surface area contributed by atoms with Crippen LogP contribution in [0.2, 0.25) is 0 Å². The fourth-order valence-corrected chi connectivity index (χ4v) is 3.68. The van der Waals surface area contributed by atoms with Crippen LogP contribution in [0.3, 0.4) is 0 Å². The van der Waals surface area contributed by atoms with E-state index in [0.29, 0.717) is 6.04 Å². The highest BCUT2D eigenvalue weighted by atomic mass is 15.2. The molecule has 18 heavy (non-hydrogen) atoms. The van der Waals surface area contributed by atoms with Gasteiger partial charge in [-0.25, -0.2) is 0 Å². The van der Waals surface area contributed by atoms with Crippen molar-refractivity contribution in [3.8, 4) is 0 Å². The highest BCUT2D eigenvalue weighted by molar-refractivity contribution is 5.16. The van der Waals surface area contributed by atoms with Crippen molar-refractivity contribution in [3.63, 3.8) is 0 Å². The normalized spacial score (nSPS) is 30.7. The van der Waals surface area contributed by atoms with Crippen molar-refractivity contribution < 1.29 is 0 Å². The number of nitrogens with two attached hydrogens (primary N) is 1. The van der Waals surface area contributed by atoms with E-state index in [-0.39, 0.29) is 6.04 Å². The summed E-state index contributed by atoms with van der Waals surface area (Å²) in [7, 11) is 0. The number of hydrogen-bond donors (Lipinski definition) is 1. The van der Waals surface area contributed by atoms with Crippen molar-refractivity contribution in [1.82, 2.24) is 9.88 Å². The van der Waals surface area contributed by atoms with E-state index in [1.807, 2.05) is 18.5 Å². The third-order valence-electron chi connectivity index (χ3n) is 4.62. The van der Waals surface area contributed by atoms with Crippen molar-refractivity contribution in [2.75, 3.05) is 6.54 Å². The van der Waals surface area contributed by atoms with Gasteiger partial charge in [-0.2, -0.15) is 0 Å². The quantitative estimate of drug-likeness (QED) is 0.870. The SMILES string of the molecule is NC(c1cccnc1)C1CCCC2CCCCN21. The maximum absolute atomic E-state index is 6.50. The average molecular weight is 245 g/mol. The van der Waals surface area contributed by atoms with E-state index in [9.17, 15) is 0 Å². The van der Waals surface area contributed by atoms with E-state index < -0.39 is 0 Å². The minimum Gasteiger partial charge on any atom is -0.323 e. The second kappa shape index (κ2) is 5.37. The van der Waals surface area contributed by atoms with Gasteiger partial charge < -0.3 is 5.73 Å². The van der Waals surface area contributed by atoms with Crippen LogP contribution in [-0.4, -0.2) is 28.5 Å². The number of fused-ring (bicyclic) bond motifs is 1. The van der Waals surface area contributed by atoms with Crippen LogP contribution in [0.25, 0.3) is 0 Å². The van der Waals surface area contributed by atoms with Gasteiger partial charge in [-0.1, -0.05) is 18.9 Å². The molecule has 0 aromatic carbocycles. The molecular weight excluding hydrogens is 222 g/mol. The highest BCUT2D eigenvalue weighted by Crippen LogP contribution is 2.34. The minimum atomic E-state index is 0.125. The second-order valence-electron chi connectivity index (χ2n) is 5.70. The van der Waals surface area contributed by atoms with Gasteiger partial charge in [-0.3, -0.25) is 9.88 Å². The Morgan fingerprint density at radius 2 is 2.11 bits per heavy atom. The zero-order valence-electron chi connectivity index (χ0n) is 11.0. The first-order valence-electron chi connectivity index (χ1n) is 7.27. The van der Waals surface area contributed by atoms with E-state index in [0.717, 1.165) is 6.04 Å². The Bertz CT molecular complexity index is 377. The molecule has 0 aliphatic carbocycles. The van der Waals surface area contributed by atoms with Crippen LogP contribution in [0.4, 0.5) is 0 Å². The molecule has 0 amide bonds. The predicted octanol–water partition coefficient (Wildman–Crippen LogP) is 2.49. The first kappa shape index (κ1) is 12.1. The first-order valence-corrected chi connectivity index (χ1v) is 7.27. The molecule has 0 saturated carbocycles. The number of hydrogen-bond acceptors (Lipinski definition) is 3. The third-order valence-corrected chi connectivity index (χ3v) is 4.62. The molecule has 3 rings (SSSR count). The highest BCUT2D eigenvalue weighted by Gasteiger charge is 2.35. The predicted molar refractivity (Wildman–Crippen MR) is 73.1 cm³/mol. The van der Waals surface area contributed by atoms with E-state index >= 15 is 0 Å². The van der Waals surface area contributed by atoms with Gasteiger partial charge in [0.15, 0.2) is 0 Å². The number of rotatable bonds is 2. The van der Waals surface area contributed by atoms with Gasteiger partial charge in [0.1, 0.15) is 0 Å². The standard InChI is InChI=1S/C15H23N3/c16-15(12-5-4-9-17-11-12)14-8-3-7-13-6-1-2-10-18(13)14/h4-5,9,11,13-15H,1-3,6-8,10,16H2. The van der Waals surface area contributed by atoms with Crippen LogP contribution in [0.1, 0.15) is 50.1 Å². The molecule has 0 bridgehead atoms. The van der Waals surface area contributed by atoms with Crippen molar-refractivity contribution in [3.05, 3.63) is 30.1 Å². The summed E-state index contributed by atoms with van der Waals surface area (Å²) in [6, 6.07) is 5.55. The van der Waals surface area contributed by atoms with Gasteiger partial charge in [0.2, 0.25) is 0 Å². The molecule has 0 radical (unpaired) electrons. The average Bonchev–Trinajstić information content (AvgIpc) is 2.47. The summed E-state index contributed by atoms with van der Waals surface area (Å²) < 4.78 is 0. The molecule has 3 nitrogen and oxygen atoms in total. The number of pyridine rings is 1. The van der Waals surface area contributed by atoms with E-state index in [2.05, 4.69) is 16.0 Å². The monoisotopic (exact) mass is 245 g/mol. The Morgan fingerprint density at radius 3 is 2.94 bits per heavy atom. The molecule has 2 saturated heterocycles. The molecule has 3 heterocycles.